The second kappa shape index (κ2) is 2.82. The Morgan fingerprint density at radius 1 is 1.46 bits per heavy atom. The zero-order valence-electron chi connectivity index (χ0n) is 6.78. The number of para-hydroxylation sites is 1. The van der Waals surface area contributed by atoms with Crippen molar-refractivity contribution in [3.8, 4) is 5.75 Å². The Hall–Kier alpha value is -1.97. The molecule has 3 N–H and O–H groups in total. The number of nitrogens with one attached hydrogen (secondary N) is 1. The minimum absolute atomic E-state index is 0.384. The van der Waals surface area contributed by atoms with Crippen molar-refractivity contribution in [3.05, 3.63) is 36.2 Å². The van der Waals surface area contributed by atoms with E-state index >= 15 is 0 Å². The first kappa shape index (κ1) is 7.67. The molecule has 0 radical (unpaired) electrons. The maximum absolute atomic E-state index is 11.0. The molecule has 1 heterocycles. The topological polar surface area (TPSA) is 64.4 Å². The number of benzene rings is 1. The number of ether oxygens (including phenoxy) is 1. The number of fused-ring (bicyclic) bond motifs is 1. The van der Waals surface area contributed by atoms with Crippen LogP contribution in [0.15, 0.2) is 30.7 Å². The molecule has 0 atom stereocenters. The van der Waals surface area contributed by atoms with Gasteiger partial charge in [0.2, 0.25) is 0 Å². The summed E-state index contributed by atoms with van der Waals surface area (Å²) in [5.74, 6) is -0.00792. The lowest BCUT2D eigenvalue weighted by molar-refractivity contribution is 0.0998. The molecule has 0 unspecified atom stereocenters. The van der Waals surface area contributed by atoms with Crippen molar-refractivity contribution in [2.24, 2.45) is 5.73 Å². The normalized spacial score (nSPS) is 12.6. The van der Waals surface area contributed by atoms with Gasteiger partial charge in [0.1, 0.15) is 6.26 Å². The van der Waals surface area contributed by atoms with Crippen molar-refractivity contribution in [2.75, 3.05) is 5.32 Å². The standard InChI is InChI=1S/C9H8N2O2/c10-9(12)6-2-1-3-7-8(6)13-5-4-11-7/h1-5,11H,(H2,10,12). The summed E-state index contributed by atoms with van der Waals surface area (Å²) in [6.07, 6.45) is 3.11. The number of nitrogens with two attached hydrogens (primary N) is 1. The maximum atomic E-state index is 11.0. The van der Waals surface area contributed by atoms with Crippen LogP contribution in [0.3, 0.4) is 0 Å². The molecule has 0 spiro atoms. The molecule has 0 bridgehead atoms. The molecule has 0 saturated heterocycles. The van der Waals surface area contributed by atoms with Gasteiger partial charge in [-0.3, -0.25) is 4.79 Å². The zero-order chi connectivity index (χ0) is 9.26. The average molecular weight is 176 g/mol. The van der Waals surface area contributed by atoms with Crippen LogP contribution in [-0.4, -0.2) is 5.91 Å². The van der Waals surface area contributed by atoms with E-state index in [4.69, 9.17) is 10.5 Å². The highest BCUT2D eigenvalue weighted by atomic mass is 16.5. The summed E-state index contributed by atoms with van der Waals surface area (Å²) in [5.41, 5.74) is 6.30. The highest BCUT2D eigenvalue weighted by molar-refractivity contribution is 5.97. The SMILES string of the molecule is NC(=O)c1cccc2c1OC=CN2. The molecule has 1 aromatic rings. The van der Waals surface area contributed by atoms with Crippen LogP contribution < -0.4 is 15.8 Å². The molecule has 4 heteroatoms. The van der Waals surface area contributed by atoms with Gasteiger partial charge in [-0.2, -0.15) is 0 Å². The summed E-state index contributed by atoms with van der Waals surface area (Å²) >= 11 is 0. The summed E-state index contributed by atoms with van der Waals surface area (Å²) < 4.78 is 5.17. The number of primary amides is 1. The van der Waals surface area contributed by atoms with Crippen LogP contribution in [0.2, 0.25) is 0 Å². The number of carbonyl (C=O) groups is 1. The second-order valence-electron chi connectivity index (χ2n) is 2.61. The fraction of sp³-hybridized carbons (Fsp3) is 0. The van der Waals surface area contributed by atoms with Crippen LogP contribution in [0.5, 0.6) is 5.75 Å². The smallest absolute Gasteiger partial charge is 0.252 e. The molecular weight excluding hydrogens is 168 g/mol. The Morgan fingerprint density at radius 3 is 3.08 bits per heavy atom. The predicted molar refractivity (Wildman–Crippen MR) is 48.4 cm³/mol. The fourth-order valence-corrected chi connectivity index (χ4v) is 1.20. The number of rotatable bonds is 1. The van der Waals surface area contributed by atoms with Crippen LogP contribution in [-0.2, 0) is 0 Å². The third-order valence-electron chi connectivity index (χ3n) is 1.77. The highest BCUT2D eigenvalue weighted by Crippen LogP contribution is 2.30. The summed E-state index contributed by atoms with van der Waals surface area (Å²) in [6.45, 7) is 0. The van der Waals surface area contributed by atoms with E-state index in [1.54, 1.807) is 18.3 Å². The minimum atomic E-state index is -0.492. The van der Waals surface area contributed by atoms with Gasteiger partial charge < -0.3 is 15.8 Å². The summed E-state index contributed by atoms with van der Waals surface area (Å²) in [5, 5.41) is 2.94. The molecule has 1 amide bonds. The van der Waals surface area contributed by atoms with Gasteiger partial charge in [-0.05, 0) is 12.1 Å². The Labute approximate surface area is 75.0 Å². The molecular formula is C9H8N2O2. The Morgan fingerprint density at radius 2 is 2.31 bits per heavy atom. The highest BCUT2D eigenvalue weighted by Gasteiger charge is 2.14. The molecule has 66 valence electrons. The summed E-state index contributed by atoms with van der Waals surface area (Å²) in [4.78, 5) is 11.0. The molecule has 0 fully saturated rings. The van der Waals surface area contributed by atoms with Gasteiger partial charge in [-0.25, -0.2) is 0 Å². The van der Waals surface area contributed by atoms with Gasteiger partial charge in [0.15, 0.2) is 5.75 Å². The lowest BCUT2D eigenvalue weighted by Gasteiger charge is -2.14. The Bertz CT molecular complexity index is 385. The first-order valence-electron chi connectivity index (χ1n) is 3.80. The third-order valence-corrected chi connectivity index (χ3v) is 1.77. The largest absolute Gasteiger partial charge is 0.460 e. The van der Waals surface area contributed by atoms with Gasteiger partial charge >= 0.3 is 0 Å². The van der Waals surface area contributed by atoms with Crippen molar-refractivity contribution in [3.63, 3.8) is 0 Å². The second-order valence-corrected chi connectivity index (χ2v) is 2.61. The van der Waals surface area contributed by atoms with Crippen LogP contribution >= 0.6 is 0 Å². The van der Waals surface area contributed by atoms with E-state index < -0.39 is 5.91 Å². The number of amides is 1. The summed E-state index contributed by atoms with van der Waals surface area (Å²) in [7, 11) is 0. The van der Waals surface area contributed by atoms with Gasteiger partial charge in [-0.1, -0.05) is 6.07 Å². The van der Waals surface area contributed by atoms with Crippen LogP contribution in [0.25, 0.3) is 0 Å². The van der Waals surface area contributed by atoms with E-state index in [1.807, 2.05) is 6.07 Å². The van der Waals surface area contributed by atoms with Gasteiger partial charge in [-0.15, -0.1) is 0 Å². The lowest BCUT2D eigenvalue weighted by Crippen LogP contribution is -2.14. The molecule has 1 aliphatic heterocycles. The van der Waals surface area contributed by atoms with Crippen LogP contribution in [0, 0.1) is 0 Å². The summed E-state index contributed by atoms with van der Waals surface area (Å²) in [6, 6.07) is 5.18. The number of hydrogen-bond acceptors (Lipinski definition) is 3. The third kappa shape index (κ3) is 1.22. The molecule has 2 rings (SSSR count). The first-order chi connectivity index (χ1) is 6.29. The van der Waals surface area contributed by atoms with Crippen LogP contribution in [0.1, 0.15) is 10.4 Å². The van der Waals surface area contributed by atoms with Crippen molar-refractivity contribution in [1.82, 2.24) is 0 Å². The molecule has 1 aliphatic rings. The minimum Gasteiger partial charge on any atom is -0.460 e. The van der Waals surface area contributed by atoms with E-state index in [-0.39, 0.29) is 0 Å². The molecule has 0 aromatic heterocycles. The maximum Gasteiger partial charge on any atom is 0.252 e. The van der Waals surface area contributed by atoms with E-state index in [0.717, 1.165) is 5.69 Å². The van der Waals surface area contributed by atoms with E-state index in [2.05, 4.69) is 5.32 Å². The molecule has 0 aliphatic carbocycles. The van der Waals surface area contributed by atoms with Crippen molar-refractivity contribution < 1.29 is 9.53 Å². The van der Waals surface area contributed by atoms with E-state index in [9.17, 15) is 4.79 Å². The first-order valence-corrected chi connectivity index (χ1v) is 3.80. The molecule has 0 saturated carbocycles. The van der Waals surface area contributed by atoms with Crippen molar-refractivity contribution >= 4 is 11.6 Å². The van der Waals surface area contributed by atoms with Crippen molar-refractivity contribution in [2.45, 2.75) is 0 Å². The zero-order valence-corrected chi connectivity index (χ0v) is 6.78. The predicted octanol–water partition coefficient (Wildman–Crippen LogP) is 1.06. The quantitative estimate of drug-likeness (QED) is 0.672. The van der Waals surface area contributed by atoms with Crippen molar-refractivity contribution in [1.29, 1.82) is 0 Å². The molecule has 1 aromatic carbocycles. The number of carbonyl (C=O) groups excluding carboxylic acids is 1. The fourth-order valence-electron chi connectivity index (χ4n) is 1.20. The lowest BCUT2D eigenvalue weighted by atomic mass is 10.1. The Kier molecular flexibility index (Phi) is 1.66. The van der Waals surface area contributed by atoms with Crippen LogP contribution in [0.4, 0.5) is 5.69 Å². The number of hydrogen-bond donors (Lipinski definition) is 2. The Balaban J connectivity index is 2.55. The van der Waals surface area contributed by atoms with Gasteiger partial charge in [0, 0.05) is 6.20 Å². The molecule has 4 nitrogen and oxygen atoms in total. The van der Waals surface area contributed by atoms with E-state index in [1.165, 1.54) is 6.26 Å². The van der Waals surface area contributed by atoms with Gasteiger partial charge in [0.25, 0.3) is 5.91 Å². The monoisotopic (exact) mass is 176 g/mol. The molecule has 13 heavy (non-hydrogen) atoms. The average Bonchev–Trinajstić information content (AvgIpc) is 2.17. The van der Waals surface area contributed by atoms with Gasteiger partial charge in [0.05, 0.1) is 11.3 Å². The van der Waals surface area contributed by atoms with E-state index in [0.29, 0.717) is 11.3 Å². The number of anilines is 1.